The van der Waals surface area contributed by atoms with E-state index in [-0.39, 0.29) is 5.91 Å². The summed E-state index contributed by atoms with van der Waals surface area (Å²) in [6, 6.07) is 24.3. The zero-order valence-corrected chi connectivity index (χ0v) is 16.2. The summed E-state index contributed by atoms with van der Waals surface area (Å²) < 4.78 is 10.7. The molecule has 0 unspecified atom stereocenters. The van der Waals surface area contributed by atoms with Gasteiger partial charge in [-0.05, 0) is 54.6 Å². The maximum absolute atomic E-state index is 12.5. The van der Waals surface area contributed by atoms with E-state index in [2.05, 4.69) is 10.3 Å². The van der Waals surface area contributed by atoms with Crippen molar-refractivity contribution in [2.24, 2.45) is 0 Å². The third-order valence-corrected chi connectivity index (χ3v) is 4.49. The molecule has 0 fully saturated rings. The van der Waals surface area contributed by atoms with Crippen LogP contribution in [-0.4, -0.2) is 24.0 Å². The van der Waals surface area contributed by atoms with Crippen LogP contribution in [-0.2, 0) is 0 Å². The highest BCUT2D eigenvalue weighted by Crippen LogP contribution is 2.26. The van der Waals surface area contributed by atoms with E-state index in [1.165, 1.54) is 0 Å². The Hall–Kier alpha value is -4.19. The number of anilines is 1. The first-order valence-electron chi connectivity index (χ1n) is 9.26. The Morgan fingerprint density at radius 2 is 1.57 bits per heavy atom. The number of hydrogen-bond acceptors (Lipinski definition) is 5. The predicted octanol–water partition coefficient (Wildman–Crippen LogP) is 4.71. The van der Waals surface area contributed by atoms with Crippen LogP contribution in [0.2, 0.25) is 0 Å². The van der Waals surface area contributed by atoms with E-state index in [4.69, 9.17) is 9.47 Å². The number of benzene rings is 3. The Bertz CT molecular complexity index is 1210. The van der Waals surface area contributed by atoms with E-state index in [9.17, 15) is 9.59 Å². The van der Waals surface area contributed by atoms with E-state index in [1.807, 2.05) is 18.2 Å². The van der Waals surface area contributed by atoms with Gasteiger partial charge in [-0.3, -0.25) is 4.79 Å². The van der Waals surface area contributed by atoms with Crippen LogP contribution < -0.4 is 14.8 Å². The highest BCUT2D eigenvalue weighted by molar-refractivity contribution is 6.04. The molecule has 1 N–H and O–H groups in total. The minimum absolute atomic E-state index is 0.303. The van der Waals surface area contributed by atoms with E-state index in [1.54, 1.807) is 73.8 Å². The summed E-state index contributed by atoms with van der Waals surface area (Å²) >= 11 is 0. The number of hydrogen-bond donors (Lipinski definition) is 1. The molecule has 0 aliphatic heterocycles. The lowest BCUT2D eigenvalue weighted by Crippen LogP contribution is -2.13. The maximum atomic E-state index is 12.5. The number of para-hydroxylation sites is 1. The van der Waals surface area contributed by atoms with Crippen LogP contribution in [0.1, 0.15) is 20.7 Å². The van der Waals surface area contributed by atoms with Gasteiger partial charge >= 0.3 is 5.97 Å². The quantitative estimate of drug-likeness (QED) is 0.389. The lowest BCUT2D eigenvalue weighted by Gasteiger charge is -2.10. The molecule has 6 heteroatoms. The summed E-state index contributed by atoms with van der Waals surface area (Å²) in [5.41, 5.74) is 1.40. The SMILES string of the molecule is COc1ccc(C(=O)Nc2ccc3cccc(OC(=O)c4ccccc4)c3n2)cc1. The molecule has 0 saturated carbocycles. The largest absolute Gasteiger partial charge is 0.497 e. The summed E-state index contributed by atoms with van der Waals surface area (Å²) in [4.78, 5) is 29.4. The van der Waals surface area contributed by atoms with Crippen molar-refractivity contribution in [3.63, 3.8) is 0 Å². The molecule has 0 aliphatic rings. The molecule has 0 radical (unpaired) electrons. The van der Waals surface area contributed by atoms with Crippen molar-refractivity contribution in [3.05, 3.63) is 96.1 Å². The highest BCUT2D eigenvalue weighted by atomic mass is 16.5. The van der Waals surface area contributed by atoms with Gasteiger partial charge in [0.15, 0.2) is 5.75 Å². The van der Waals surface area contributed by atoms with E-state index >= 15 is 0 Å². The van der Waals surface area contributed by atoms with Crippen LogP contribution in [0.4, 0.5) is 5.82 Å². The molecule has 0 saturated heterocycles. The molecule has 148 valence electrons. The minimum atomic E-state index is -0.474. The maximum Gasteiger partial charge on any atom is 0.343 e. The molecule has 4 rings (SSSR count). The van der Waals surface area contributed by atoms with Crippen molar-refractivity contribution < 1.29 is 19.1 Å². The molecule has 30 heavy (non-hydrogen) atoms. The molecule has 0 spiro atoms. The van der Waals surface area contributed by atoms with E-state index in [0.29, 0.717) is 34.0 Å². The first kappa shape index (κ1) is 19.1. The van der Waals surface area contributed by atoms with Gasteiger partial charge in [0.25, 0.3) is 5.91 Å². The first-order chi connectivity index (χ1) is 14.6. The molecule has 1 heterocycles. The molecular formula is C24H18N2O4. The van der Waals surface area contributed by atoms with Crippen LogP contribution in [0, 0.1) is 0 Å². The predicted molar refractivity (Wildman–Crippen MR) is 114 cm³/mol. The fourth-order valence-corrected chi connectivity index (χ4v) is 2.94. The monoisotopic (exact) mass is 398 g/mol. The van der Waals surface area contributed by atoms with Crippen molar-refractivity contribution in [3.8, 4) is 11.5 Å². The van der Waals surface area contributed by atoms with E-state index in [0.717, 1.165) is 5.39 Å². The van der Waals surface area contributed by atoms with Gasteiger partial charge in [-0.2, -0.15) is 0 Å². The van der Waals surface area contributed by atoms with Gasteiger partial charge in [0.1, 0.15) is 17.1 Å². The zero-order valence-electron chi connectivity index (χ0n) is 16.2. The van der Waals surface area contributed by atoms with Crippen LogP contribution in [0.25, 0.3) is 10.9 Å². The molecule has 0 bridgehead atoms. The number of rotatable bonds is 5. The molecule has 3 aromatic carbocycles. The third-order valence-electron chi connectivity index (χ3n) is 4.49. The number of nitrogens with zero attached hydrogens (tertiary/aromatic N) is 1. The Morgan fingerprint density at radius 3 is 2.30 bits per heavy atom. The van der Waals surface area contributed by atoms with Crippen molar-refractivity contribution in [1.29, 1.82) is 0 Å². The van der Waals surface area contributed by atoms with Gasteiger partial charge in [-0.25, -0.2) is 9.78 Å². The minimum Gasteiger partial charge on any atom is -0.497 e. The van der Waals surface area contributed by atoms with Gasteiger partial charge in [-0.1, -0.05) is 30.3 Å². The Balaban J connectivity index is 1.59. The second-order valence-corrected chi connectivity index (χ2v) is 6.46. The number of fused-ring (bicyclic) bond motifs is 1. The van der Waals surface area contributed by atoms with Gasteiger partial charge in [0, 0.05) is 10.9 Å². The second-order valence-electron chi connectivity index (χ2n) is 6.46. The summed E-state index contributed by atoms with van der Waals surface area (Å²) in [5, 5.41) is 3.56. The lowest BCUT2D eigenvalue weighted by molar-refractivity contribution is 0.0736. The standard InChI is InChI=1S/C24H18N2O4/c1-29-19-13-10-17(11-14-19)23(27)26-21-15-12-16-8-5-9-20(22(16)25-21)30-24(28)18-6-3-2-4-7-18/h2-15H,1H3,(H,25,26,27). The number of carbonyl (C=O) groups excluding carboxylic acids is 2. The first-order valence-corrected chi connectivity index (χ1v) is 9.26. The smallest absolute Gasteiger partial charge is 0.343 e. The number of aromatic nitrogens is 1. The zero-order chi connectivity index (χ0) is 20.9. The number of amides is 1. The number of ether oxygens (including phenoxy) is 2. The van der Waals surface area contributed by atoms with Crippen molar-refractivity contribution >= 4 is 28.6 Å². The molecule has 6 nitrogen and oxygen atoms in total. The van der Waals surface area contributed by atoms with Crippen LogP contribution in [0.15, 0.2) is 84.9 Å². The van der Waals surface area contributed by atoms with Crippen molar-refractivity contribution in [2.45, 2.75) is 0 Å². The number of nitrogens with one attached hydrogen (secondary N) is 1. The van der Waals surface area contributed by atoms with Crippen molar-refractivity contribution in [2.75, 3.05) is 12.4 Å². The number of pyridine rings is 1. The number of carbonyl (C=O) groups is 2. The molecular weight excluding hydrogens is 380 g/mol. The Kier molecular flexibility index (Phi) is 5.39. The molecule has 0 atom stereocenters. The fraction of sp³-hybridized carbons (Fsp3) is 0.0417. The Labute approximate surface area is 173 Å². The average Bonchev–Trinajstić information content (AvgIpc) is 2.80. The van der Waals surface area contributed by atoms with Crippen LogP contribution >= 0.6 is 0 Å². The molecule has 0 aliphatic carbocycles. The summed E-state index contributed by atoms with van der Waals surface area (Å²) in [7, 11) is 1.57. The van der Waals surface area contributed by atoms with Crippen LogP contribution in [0.3, 0.4) is 0 Å². The molecule has 1 aromatic heterocycles. The van der Waals surface area contributed by atoms with Crippen LogP contribution in [0.5, 0.6) is 11.5 Å². The lowest BCUT2D eigenvalue weighted by atomic mass is 10.2. The van der Waals surface area contributed by atoms with Gasteiger partial charge < -0.3 is 14.8 Å². The van der Waals surface area contributed by atoms with Crippen molar-refractivity contribution in [1.82, 2.24) is 4.98 Å². The molecule has 4 aromatic rings. The topological polar surface area (TPSA) is 77.5 Å². The van der Waals surface area contributed by atoms with Gasteiger partial charge in [-0.15, -0.1) is 0 Å². The number of esters is 1. The normalized spacial score (nSPS) is 10.4. The fourth-order valence-electron chi connectivity index (χ4n) is 2.94. The van der Waals surface area contributed by atoms with Gasteiger partial charge in [0.2, 0.25) is 0 Å². The molecule has 1 amide bonds. The average molecular weight is 398 g/mol. The highest BCUT2D eigenvalue weighted by Gasteiger charge is 2.13. The third kappa shape index (κ3) is 4.12. The van der Waals surface area contributed by atoms with Gasteiger partial charge in [0.05, 0.1) is 12.7 Å². The Morgan fingerprint density at radius 1 is 0.800 bits per heavy atom. The second kappa shape index (κ2) is 8.45. The summed E-state index contributed by atoms with van der Waals surface area (Å²) in [6.07, 6.45) is 0. The number of methoxy groups -OCH3 is 1. The summed E-state index contributed by atoms with van der Waals surface area (Å²) in [6.45, 7) is 0. The van der Waals surface area contributed by atoms with E-state index < -0.39 is 5.97 Å². The summed E-state index contributed by atoms with van der Waals surface area (Å²) in [5.74, 6) is 0.564.